The van der Waals surface area contributed by atoms with Crippen LogP contribution in [-0.4, -0.2) is 61.9 Å². The van der Waals surface area contributed by atoms with E-state index in [4.69, 9.17) is 0 Å². The molecule has 30 heavy (non-hydrogen) atoms. The molecule has 168 valence electrons. The number of carbonyl (C=O) groups excluding carboxylic acids is 2. The molecule has 1 fully saturated rings. The second kappa shape index (κ2) is 9.78. The zero-order valence-electron chi connectivity index (χ0n) is 18.6. The molecule has 1 aromatic rings. The Labute approximate surface area is 180 Å². The molecule has 8 nitrogen and oxygen atoms in total. The Balaban J connectivity index is 1.92. The Morgan fingerprint density at radius 3 is 2.07 bits per heavy atom. The van der Waals surface area contributed by atoms with Gasteiger partial charge in [0.25, 0.3) is 0 Å². The molecule has 9 heteroatoms. The van der Waals surface area contributed by atoms with E-state index in [2.05, 4.69) is 10.0 Å². The molecule has 2 N–H and O–H groups in total. The van der Waals surface area contributed by atoms with Gasteiger partial charge in [0.15, 0.2) is 0 Å². The van der Waals surface area contributed by atoms with E-state index in [9.17, 15) is 18.0 Å². The van der Waals surface area contributed by atoms with Crippen LogP contribution in [0.3, 0.4) is 0 Å². The number of likely N-dealkylation sites (tertiary alicyclic amines) is 1. The van der Waals surface area contributed by atoms with Crippen LogP contribution in [-0.2, 0) is 14.8 Å². The molecule has 1 heterocycles. The van der Waals surface area contributed by atoms with Crippen molar-refractivity contribution >= 4 is 27.6 Å². The average Bonchev–Trinajstić information content (AvgIpc) is 2.67. The van der Waals surface area contributed by atoms with Crippen LogP contribution in [0.1, 0.15) is 47.5 Å². The number of sulfonamides is 1. The molecule has 1 aliphatic heterocycles. The summed E-state index contributed by atoms with van der Waals surface area (Å²) in [4.78, 5) is 28.8. The molecule has 0 bridgehead atoms. The van der Waals surface area contributed by atoms with E-state index in [1.807, 2.05) is 13.8 Å². The second-order valence-corrected chi connectivity index (χ2v) is 10.3. The van der Waals surface area contributed by atoms with Crippen LogP contribution in [0.4, 0.5) is 10.5 Å². The van der Waals surface area contributed by atoms with Crippen LogP contribution in [0.5, 0.6) is 0 Å². The van der Waals surface area contributed by atoms with Gasteiger partial charge in [-0.15, -0.1) is 0 Å². The highest BCUT2D eigenvalue weighted by atomic mass is 32.2. The molecule has 0 atom stereocenters. The average molecular weight is 439 g/mol. The number of hydrogen-bond acceptors (Lipinski definition) is 4. The van der Waals surface area contributed by atoms with Gasteiger partial charge in [0.1, 0.15) is 0 Å². The third kappa shape index (κ3) is 6.43. The number of anilines is 1. The number of urea groups is 1. The van der Waals surface area contributed by atoms with Crippen LogP contribution in [0.2, 0.25) is 0 Å². The quantitative estimate of drug-likeness (QED) is 0.713. The van der Waals surface area contributed by atoms with Crippen molar-refractivity contribution in [1.29, 1.82) is 0 Å². The van der Waals surface area contributed by atoms with Gasteiger partial charge in [-0.2, -0.15) is 0 Å². The second-order valence-electron chi connectivity index (χ2n) is 8.59. The lowest BCUT2D eigenvalue weighted by molar-refractivity contribution is -0.121. The molecular weight excluding hydrogens is 404 g/mol. The number of piperidine rings is 1. The van der Waals surface area contributed by atoms with Crippen molar-refractivity contribution in [3.8, 4) is 0 Å². The monoisotopic (exact) mass is 438 g/mol. The van der Waals surface area contributed by atoms with Crippen molar-refractivity contribution in [2.45, 2.75) is 57.9 Å². The van der Waals surface area contributed by atoms with E-state index in [0.717, 1.165) is 0 Å². The summed E-state index contributed by atoms with van der Waals surface area (Å²) in [5, 5.41) is 2.86. The van der Waals surface area contributed by atoms with Gasteiger partial charge in [0.05, 0.1) is 4.90 Å². The number of benzene rings is 1. The summed E-state index contributed by atoms with van der Waals surface area (Å²) in [6.45, 7) is 11.7. The topological polar surface area (TPSA) is 98.8 Å². The predicted octanol–water partition coefficient (Wildman–Crippen LogP) is 2.88. The molecule has 0 aromatic heterocycles. The van der Waals surface area contributed by atoms with Crippen molar-refractivity contribution in [2.75, 3.05) is 31.5 Å². The van der Waals surface area contributed by atoms with Gasteiger partial charge in [0.2, 0.25) is 15.9 Å². The maximum absolute atomic E-state index is 12.6. The Kier molecular flexibility index (Phi) is 7.87. The SMILES string of the molecule is CCN(CC)C(=O)N1CCC(C(=O)Nc2ccc(S(=O)(=O)NC(C)(C)C)cc2)CC1. The number of amides is 3. The van der Waals surface area contributed by atoms with Crippen molar-refractivity contribution in [2.24, 2.45) is 5.92 Å². The fourth-order valence-electron chi connectivity index (χ4n) is 3.45. The highest BCUT2D eigenvalue weighted by Crippen LogP contribution is 2.22. The standard InChI is InChI=1S/C21H34N4O4S/c1-6-24(7-2)20(27)25-14-12-16(13-15-25)19(26)22-17-8-10-18(11-9-17)30(28,29)23-21(3,4)5/h8-11,16,23H,6-7,12-15H2,1-5H3,(H,22,26). The molecule has 2 rings (SSSR count). The minimum absolute atomic E-state index is 0.0273. The van der Waals surface area contributed by atoms with Gasteiger partial charge < -0.3 is 15.1 Å². The van der Waals surface area contributed by atoms with Gasteiger partial charge in [-0.3, -0.25) is 4.79 Å². The summed E-state index contributed by atoms with van der Waals surface area (Å²) in [6.07, 6.45) is 1.22. The molecule has 1 aliphatic rings. The third-order valence-electron chi connectivity index (χ3n) is 5.04. The highest BCUT2D eigenvalue weighted by molar-refractivity contribution is 7.89. The minimum Gasteiger partial charge on any atom is -0.326 e. The zero-order chi connectivity index (χ0) is 22.5. The van der Waals surface area contributed by atoms with Gasteiger partial charge in [-0.05, 0) is 71.7 Å². The maximum atomic E-state index is 12.6. The van der Waals surface area contributed by atoms with Crippen LogP contribution in [0.15, 0.2) is 29.2 Å². The number of rotatable bonds is 6. The van der Waals surface area contributed by atoms with Gasteiger partial charge in [-0.25, -0.2) is 17.9 Å². The largest absolute Gasteiger partial charge is 0.326 e. The number of nitrogens with one attached hydrogen (secondary N) is 2. The van der Waals surface area contributed by atoms with E-state index in [1.54, 1.807) is 42.7 Å². The number of carbonyl (C=O) groups is 2. The third-order valence-corrected chi connectivity index (χ3v) is 6.82. The van der Waals surface area contributed by atoms with Crippen LogP contribution >= 0.6 is 0 Å². The first-order valence-electron chi connectivity index (χ1n) is 10.5. The molecule has 0 spiro atoms. The van der Waals surface area contributed by atoms with Crippen molar-refractivity contribution < 1.29 is 18.0 Å². The molecule has 0 aliphatic carbocycles. The van der Waals surface area contributed by atoms with E-state index < -0.39 is 15.6 Å². The summed E-state index contributed by atoms with van der Waals surface area (Å²) < 4.78 is 27.3. The minimum atomic E-state index is -3.61. The van der Waals surface area contributed by atoms with Crippen molar-refractivity contribution in [3.05, 3.63) is 24.3 Å². The van der Waals surface area contributed by atoms with E-state index in [-0.39, 0.29) is 22.8 Å². The van der Waals surface area contributed by atoms with Crippen LogP contribution < -0.4 is 10.0 Å². The predicted molar refractivity (Wildman–Crippen MR) is 118 cm³/mol. The first-order valence-corrected chi connectivity index (χ1v) is 11.9. The van der Waals surface area contributed by atoms with E-state index in [1.165, 1.54) is 12.1 Å². The smallest absolute Gasteiger partial charge is 0.319 e. The molecule has 0 saturated carbocycles. The summed E-state index contributed by atoms with van der Waals surface area (Å²) in [6, 6.07) is 6.17. The first kappa shape index (κ1) is 24.1. The lowest BCUT2D eigenvalue weighted by atomic mass is 9.96. The Bertz CT molecular complexity index is 835. The number of nitrogens with zero attached hydrogens (tertiary/aromatic N) is 2. The highest BCUT2D eigenvalue weighted by Gasteiger charge is 2.29. The molecule has 0 unspecified atom stereocenters. The molecule has 1 saturated heterocycles. The fourth-order valence-corrected chi connectivity index (χ4v) is 4.87. The lowest BCUT2D eigenvalue weighted by Crippen LogP contribution is -2.47. The number of hydrogen-bond donors (Lipinski definition) is 2. The van der Waals surface area contributed by atoms with Crippen LogP contribution in [0.25, 0.3) is 0 Å². The molecule has 1 aromatic carbocycles. The van der Waals surface area contributed by atoms with Crippen LogP contribution in [0, 0.1) is 5.92 Å². The lowest BCUT2D eigenvalue weighted by Gasteiger charge is -2.34. The van der Waals surface area contributed by atoms with Gasteiger partial charge in [-0.1, -0.05) is 0 Å². The normalized spacial score (nSPS) is 15.7. The molecular formula is C21H34N4O4S. The maximum Gasteiger partial charge on any atom is 0.319 e. The summed E-state index contributed by atoms with van der Waals surface area (Å²) in [5.41, 5.74) is -0.0240. The van der Waals surface area contributed by atoms with Gasteiger partial charge >= 0.3 is 6.03 Å². The summed E-state index contributed by atoms with van der Waals surface area (Å²) >= 11 is 0. The van der Waals surface area contributed by atoms with E-state index in [0.29, 0.717) is 44.7 Å². The zero-order valence-corrected chi connectivity index (χ0v) is 19.4. The van der Waals surface area contributed by atoms with Crippen molar-refractivity contribution in [3.63, 3.8) is 0 Å². The van der Waals surface area contributed by atoms with Crippen molar-refractivity contribution in [1.82, 2.24) is 14.5 Å². The van der Waals surface area contributed by atoms with Gasteiger partial charge in [0, 0.05) is 43.3 Å². The summed E-state index contributed by atoms with van der Waals surface area (Å²) in [7, 11) is -3.61. The first-order chi connectivity index (χ1) is 14.0. The Hall–Kier alpha value is -2.13. The molecule has 0 radical (unpaired) electrons. The fraction of sp³-hybridized carbons (Fsp3) is 0.619. The Morgan fingerprint density at radius 1 is 1.07 bits per heavy atom. The van der Waals surface area contributed by atoms with E-state index >= 15 is 0 Å². The summed E-state index contributed by atoms with van der Waals surface area (Å²) in [5.74, 6) is -0.273. The molecule has 3 amide bonds. The Morgan fingerprint density at radius 2 is 1.60 bits per heavy atom.